The highest BCUT2D eigenvalue weighted by molar-refractivity contribution is 9.10. The Labute approximate surface area is 130 Å². The van der Waals surface area contributed by atoms with Crippen LogP contribution in [0, 0.1) is 0 Å². The molecule has 0 bridgehead atoms. The minimum absolute atomic E-state index is 0.341. The van der Waals surface area contributed by atoms with Crippen molar-refractivity contribution >= 4 is 27.9 Å². The van der Waals surface area contributed by atoms with Crippen molar-refractivity contribution in [1.29, 1.82) is 0 Å². The van der Waals surface area contributed by atoms with E-state index in [4.69, 9.17) is 9.47 Å². The van der Waals surface area contributed by atoms with Crippen molar-refractivity contribution in [3.63, 3.8) is 0 Å². The van der Waals surface area contributed by atoms with E-state index in [0.717, 1.165) is 4.47 Å². The van der Waals surface area contributed by atoms with Crippen LogP contribution in [-0.2, 0) is 9.53 Å². The second-order valence-electron chi connectivity index (χ2n) is 4.45. The van der Waals surface area contributed by atoms with Crippen LogP contribution in [0.2, 0.25) is 0 Å². The maximum atomic E-state index is 12.0. The number of benzene rings is 1. The zero-order valence-electron chi connectivity index (χ0n) is 11.8. The van der Waals surface area contributed by atoms with Gasteiger partial charge in [0.25, 0.3) is 0 Å². The Morgan fingerprint density at radius 2 is 2.05 bits per heavy atom. The number of nitrogens with one attached hydrogen (secondary N) is 2. The van der Waals surface area contributed by atoms with Crippen LogP contribution in [-0.4, -0.2) is 26.2 Å². The van der Waals surface area contributed by atoms with Crippen molar-refractivity contribution in [2.24, 2.45) is 0 Å². The molecule has 1 aliphatic heterocycles. The average Bonchev–Trinajstić information content (AvgIpc) is 2.45. The molecule has 6 nitrogen and oxygen atoms in total. The van der Waals surface area contributed by atoms with E-state index >= 15 is 0 Å². The van der Waals surface area contributed by atoms with E-state index in [0.29, 0.717) is 22.6 Å². The Kier molecular flexibility index (Phi) is 4.52. The van der Waals surface area contributed by atoms with Gasteiger partial charge in [0.15, 0.2) is 0 Å². The predicted octanol–water partition coefficient (Wildman–Crippen LogP) is 2.26. The van der Waals surface area contributed by atoms with Crippen molar-refractivity contribution in [2.75, 3.05) is 14.2 Å². The Balaban J connectivity index is 2.59. The van der Waals surface area contributed by atoms with Gasteiger partial charge in [0, 0.05) is 15.7 Å². The molecule has 7 heteroatoms. The standard InChI is InChI=1S/C14H15BrN2O4/c1-7-11(13(18)21-3)12(17-14(19)16-7)9-6-8(15)4-5-10(9)20-2/h4-6,12H,1-3H3,(H2,16,17,19)/t12-/m1/s1. The van der Waals surface area contributed by atoms with Crippen molar-refractivity contribution in [1.82, 2.24) is 10.6 Å². The van der Waals surface area contributed by atoms with Crippen LogP contribution in [0.5, 0.6) is 5.75 Å². The fourth-order valence-corrected chi connectivity index (χ4v) is 2.62. The van der Waals surface area contributed by atoms with Gasteiger partial charge in [-0.15, -0.1) is 0 Å². The highest BCUT2D eigenvalue weighted by Crippen LogP contribution is 2.35. The number of hydrogen-bond acceptors (Lipinski definition) is 4. The summed E-state index contributed by atoms with van der Waals surface area (Å²) in [6, 6.07) is 4.36. The lowest BCUT2D eigenvalue weighted by Gasteiger charge is -2.28. The van der Waals surface area contributed by atoms with E-state index in [1.807, 2.05) is 6.07 Å². The summed E-state index contributed by atoms with van der Waals surface area (Å²) in [5, 5.41) is 5.29. The van der Waals surface area contributed by atoms with Gasteiger partial charge in [0.1, 0.15) is 5.75 Å². The first-order valence-corrected chi connectivity index (χ1v) is 6.97. The molecule has 1 atom stereocenters. The number of rotatable bonds is 3. The molecule has 0 unspecified atom stereocenters. The first-order chi connectivity index (χ1) is 9.97. The molecule has 1 aromatic carbocycles. The normalized spacial score (nSPS) is 17.9. The van der Waals surface area contributed by atoms with Crippen LogP contribution in [0.1, 0.15) is 18.5 Å². The van der Waals surface area contributed by atoms with Crippen LogP contribution in [0.3, 0.4) is 0 Å². The number of methoxy groups -OCH3 is 2. The molecule has 2 rings (SSSR count). The fraction of sp³-hybridized carbons (Fsp3) is 0.286. The third-order valence-corrected chi connectivity index (χ3v) is 3.67. The fourth-order valence-electron chi connectivity index (χ4n) is 2.24. The lowest BCUT2D eigenvalue weighted by atomic mass is 9.95. The van der Waals surface area contributed by atoms with E-state index in [9.17, 15) is 9.59 Å². The molecular formula is C14H15BrN2O4. The third kappa shape index (κ3) is 3.02. The van der Waals surface area contributed by atoms with Crippen molar-refractivity contribution in [2.45, 2.75) is 13.0 Å². The maximum Gasteiger partial charge on any atom is 0.337 e. The summed E-state index contributed by atoms with van der Waals surface area (Å²) in [7, 11) is 2.83. The van der Waals surface area contributed by atoms with E-state index in [1.165, 1.54) is 14.2 Å². The van der Waals surface area contributed by atoms with Crippen LogP contribution in [0.4, 0.5) is 4.79 Å². The smallest absolute Gasteiger partial charge is 0.337 e. The van der Waals surface area contributed by atoms with Gasteiger partial charge in [-0.05, 0) is 25.1 Å². The van der Waals surface area contributed by atoms with E-state index in [1.54, 1.807) is 19.1 Å². The largest absolute Gasteiger partial charge is 0.496 e. The van der Waals surface area contributed by atoms with Crippen molar-refractivity contribution in [3.8, 4) is 5.75 Å². The Morgan fingerprint density at radius 1 is 1.33 bits per heavy atom. The zero-order chi connectivity index (χ0) is 15.6. The molecule has 0 aromatic heterocycles. The minimum Gasteiger partial charge on any atom is -0.496 e. The van der Waals surface area contributed by atoms with Crippen LogP contribution in [0.15, 0.2) is 33.9 Å². The molecule has 1 aromatic rings. The summed E-state index contributed by atoms with van der Waals surface area (Å²) in [5.41, 5.74) is 1.47. The molecular weight excluding hydrogens is 340 g/mol. The number of allylic oxidation sites excluding steroid dienone is 1. The summed E-state index contributed by atoms with van der Waals surface area (Å²) in [4.78, 5) is 23.8. The Hall–Kier alpha value is -2.02. The molecule has 1 heterocycles. The maximum absolute atomic E-state index is 12.0. The van der Waals surface area contributed by atoms with E-state index in [-0.39, 0.29) is 6.03 Å². The summed E-state index contributed by atoms with van der Waals surface area (Å²) in [6.07, 6.45) is 0. The summed E-state index contributed by atoms with van der Waals surface area (Å²) in [5.74, 6) is 0.0617. The molecule has 1 aliphatic rings. The quantitative estimate of drug-likeness (QED) is 0.816. The second kappa shape index (κ2) is 6.17. The van der Waals surface area contributed by atoms with Gasteiger partial charge in [0.05, 0.1) is 25.8 Å². The highest BCUT2D eigenvalue weighted by atomic mass is 79.9. The number of carbonyl (C=O) groups is 2. The van der Waals surface area contributed by atoms with Gasteiger partial charge < -0.3 is 20.1 Å². The zero-order valence-corrected chi connectivity index (χ0v) is 13.4. The SMILES string of the molecule is COC(=O)C1=C(C)NC(=O)N[C@@H]1c1cc(Br)ccc1OC. The molecule has 0 spiro atoms. The number of amides is 2. The number of halogens is 1. The second-order valence-corrected chi connectivity index (χ2v) is 5.36. The first kappa shape index (κ1) is 15.4. The number of ether oxygens (including phenoxy) is 2. The van der Waals surface area contributed by atoms with Gasteiger partial charge in [-0.25, -0.2) is 9.59 Å². The molecule has 0 aliphatic carbocycles. The van der Waals surface area contributed by atoms with Crippen molar-refractivity contribution < 1.29 is 19.1 Å². The van der Waals surface area contributed by atoms with Crippen LogP contribution in [0.25, 0.3) is 0 Å². The summed E-state index contributed by atoms with van der Waals surface area (Å²) in [6.45, 7) is 1.66. The third-order valence-electron chi connectivity index (χ3n) is 3.18. The molecule has 0 saturated carbocycles. The monoisotopic (exact) mass is 354 g/mol. The Bertz CT molecular complexity index is 627. The predicted molar refractivity (Wildman–Crippen MR) is 79.8 cm³/mol. The molecule has 2 N–H and O–H groups in total. The van der Waals surface area contributed by atoms with Gasteiger partial charge in [0.2, 0.25) is 0 Å². The van der Waals surface area contributed by atoms with Crippen LogP contribution < -0.4 is 15.4 Å². The van der Waals surface area contributed by atoms with Gasteiger partial charge in [-0.3, -0.25) is 0 Å². The van der Waals surface area contributed by atoms with Gasteiger partial charge in [-0.2, -0.15) is 0 Å². The lowest BCUT2D eigenvalue weighted by molar-refractivity contribution is -0.136. The van der Waals surface area contributed by atoms with Gasteiger partial charge >= 0.3 is 12.0 Å². The Morgan fingerprint density at radius 3 is 2.67 bits per heavy atom. The molecule has 112 valence electrons. The van der Waals surface area contributed by atoms with Crippen LogP contribution >= 0.6 is 15.9 Å². The molecule has 21 heavy (non-hydrogen) atoms. The minimum atomic E-state index is -0.640. The highest BCUT2D eigenvalue weighted by Gasteiger charge is 2.33. The summed E-state index contributed by atoms with van der Waals surface area (Å²) < 4.78 is 10.9. The average molecular weight is 355 g/mol. The topological polar surface area (TPSA) is 76.7 Å². The number of carbonyl (C=O) groups excluding carboxylic acids is 2. The number of hydrogen-bond donors (Lipinski definition) is 2. The first-order valence-electron chi connectivity index (χ1n) is 6.18. The molecule has 0 radical (unpaired) electrons. The number of urea groups is 1. The van der Waals surface area contributed by atoms with E-state index < -0.39 is 12.0 Å². The lowest BCUT2D eigenvalue weighted by Crippen LogP contribution is -2.45. The molecule has 0 saturated heterocycles. The number of esters is 1. The van der Waals surface area contributed by atoms with Gasteiger partial charge in [-0.1, -0.05) is 15.9 Å². The summed E-state index contributed by atoms with van der Waals surface area (Å²) >= 11 is 3.38. The molecule has 0 fully saturated rings. The van der Waals surface area contributed by atoms with E-state index in [2.05, 4.69) is 26.6 Å². The van der Waals surface area contributed by atoms with Crippen molar-refractivity contribution in [3.05, 3.63) is 39.5 Å². The molecule has 2 amide bonds.